The van der Waals surface area contributed by atoms with E-state index in [9.17, 15) is 13.2 Å². The Hall–Kier alpha value is -1.39. The number of hydrogen-bond donors (Lipinski definition) is 1. The number of hydrogen-bond acceptors (Lipinski definition) is 6. The van der Waals surface area contributed by atoms with E-state index in [4.69, 9.17) is 0 Å². The van der Waals surface area contributed by atoms with Gasteiger partial charge in [-0.3, -0.25) is 9.69 Å². The number of thioether (sulfide) groups is 1. The molecule has 0 bridgehead atoms. The van der Waals surface area contributed by atoms with Gasteiger partial charge in [0.05, 0.1) is 6.04 Å². The standard InChI is InChI=1S/C21H27N3O3S3/c25-21(20-19(8-13-29-20)30(26,27)24-11-14-28-15-12-24)22-16-18(23-9-4-5-10-23)17-6-2-1-3-7-17/h1-3,6-8,13,18H,4-5,9-12,14-16H2,(H,22,25). The zero-order valence-corrected chi connectivity index (χ0v) is 19.3. The van der Waals surface area contributed by atoms with Gasteiger partial charge in [-0.05, 0) is 42.9 Å². The third kappa shape index (κ3) is 4.75. The summed E-state index contributed by atoms with van der Waals surface area (Å²) in [4.78, 5) is 15.8. The van der Waals surface area contributed by atoms with Crippen molar-refractivity contribution >= 4 is 39.0 Å². The molecule has 3 heterocycles. The monoisotopic (exact) mass is 465 g/mol. The maximum atomic E-state index is 13.1. The molecule has 2 fully saturated rings. The highest BCUT2D eigenvalue weighted by atomic mass is 32.2. The highest BCUT2D eigenvalue weighted by molar-refractivity contribution is 7.99. The van der Waals surface area contributed by atoms with Crippen molar-refractivity contribution in [2.45, 2.75) is 23.8 Å². The predicted molar refractivity (Wildman–Crippen MR) is 123 cm³/mol. The molecule has 6 nitrogen and oxygen atoms in total. The second kappa shape index (κ2) is 9.82. The maximum Gasteiger partial charge on any atom is 0.262 e. The van der Waals surface area contributed by atoms with Crippen LogP contribution < -0.4 is 5.32 Å². The van der Waals surface area contributed by atoms with E-state index in [0.29, 0.717) is 19.6 Å². The number of nitrogens with zero attached hydrogens (tertiary/aromatic N) is 2. The molecular weight excluding hydrogens is 438 g/mol. The summed E-state index contributed by atoms with van der Waals surface area (Å²) < 4.78 is 27.7. The summed E-state index contributed by atoms with van der Waals surface area (Å²) >= 11 is 2.95. The largest absolute Gasteiger partial charge is 0.349 e. The normalized spacial score (nSPS) is 19.6. The van der Waals surface area contributed by atoms with Crippen molar-refractivity contribution < 1.29 is 13.2 Å². The first-order chi connectivity index (χ1) is 14.6. The number of nitrogens with one attached hydrogen (secondary N) is 1. The van der Waals surface area contributed by atoms with Crippen molar-refractivity contribution in [1.82, 2.24) is 14.5 Å². The number of amides is 1. The van der Waals surface area contributed by atoms with E-state index in [-0.39, 0.29) is 21.7 Å². The molecule has 2 saturated heterocycles. The zero-order chi connectivity index (χ0) is 21.0. The molecule has 1 unspecified atom stereocenters. The Kier molecular flexibility index (Phi) is 7.15. The minimum absolute atomic E-state index is 0.0942. The van der Waals surface area contributed by atoms with Gasteiger partial charge in [-0.2, -0.15) is 16.1 Å². The molecule has 1 aromatic carbocycles. The van der Waals surface area contributed by atoms with E-state index in [1.54, 1.807) is 23.2 Å². The lowest BCUT2D eigenvalue weighted by atomic mass is 10.1. The summed E-state index contributed by atoms with van der Waals surface area (Å²) in [7, 11) is -3.64. The average molecular weight is 466 g/mol. The summed E-state index contributed by atoms with van der Waals surface area (Å²) in [5, 5.41) is 4.71. The van der Waals surface area contributed by atoms with Crippen molar-refractivity contribution in [3.63, 3.8) is 0 Å². The van der Waals surface area contributed by atoms with Crippen LogP contribution in [0.2, 0.25) is 0 Å². The number of rotatable bonds is 7. The summed E-state index contributed by atoms with van der Waals surface area (Å²) in [5.74, 6) is 1.27. The zero-order valence-electron chi connectivity index (χ0n) is 16.8. The van der Waals surface area contributed by atoms with E-state index in [1.165, 1.54) is 34.0 Å². The Labute approximate surface area is 186 Å². The summed E-state index contributed by atoms with van der Waals surface area (Å²) in [6, 6.07) is 11.9. The number of carbonyl (C=O) groups excluding carboxylic acids is 1. The Bertz CT molecular complexity index is 950. The Morgan fingerprint density at radius 1 is 1.03 bits per heavy atom. The van der Waals surface area contributed by atoms with Gasteiger partial charge in [0.2, 0.25) is 10.0 Å². The van der Waals surface area contributed by atoms with Crippen LogP contribution in [0.4, 0.5) is 0 Å². The average Bonchev–Trinajstić information content (AvgIpc) is 3.48. The van der Waals surface area contributed by atoms with Crippen LogP contribution in [0.5, 0.6) is 0 Å². The lowest BCUT2D eigenvalue weighted by molar-refractivity contribution is 0.0939. The second-order valence-electron chi connectivity index (χ2n) is 7.51. The fraction of sp³-hybridized carbons (Fsp3) is 0.476. The topological polar surface area (TPSA) is 69.7 Å². The van der Waals surface area contributed by atoms with Gasteiger partial charge in [0.15, 0.2) is 0 Å². The van der Waals surface area contributed by atoms with Crippen LogP contribution in [0, 0.1) is 0 Å². The molecule has 2 aliphatic rings. The Balaban J connectivity index is 1.49. The number of carbonyl (C=O) groups is 1. The molecule has 0 saturated carbocycles. The molecule has 0 radical (unpaired) electrons. The number of benzene rings is 1. The predicted octanol–water partition coefficient (Wildman–Crippen LogP) is 3.05. The highest BCUT2D eigenvalue weighted by Crippen LogP contribution is 2.28. The fourth-order valence-corrected chi connectivity index (χ4v) is 7.94. The van der Waals surface area contributed by atoms with Crippen LogP contribution in [0.25, 0.3) is 0 Å². The first kappa shape index (κ1) is 21.8. The molecule has 9 heteroatoms. The van der Waals surface area contributed by atoms with Crippen LogP contribution in [0.1, 0.15) is 34.1 Å². The van der Waals surface area contributed by atoms with Gasteiger partial charge in [0.25, 0.3) is 5.91 Å². The van der Waals surface area contributed by atoms with Crippen molar-refractivity contribution in [1.29, 1.82) is 0 Å². The third-order valence-corrected chi connectivity index (χ3v) is 9.57. The number of sulfonamides is 1. The number of thiophene rings is 1. The molecule has 2 aliphatic heterocycles. The minimum Gasteiger partial charge on any atom is -0.349 e. The first-order valence-electron chi connectivity index (χ1n) is 10.3. The van der Waals surface area contributed by atoms with Crippen molar-refractivity contribution in [2.75, 3.05) is 44.2 Å². The van der Waals surface area contributed by atoms with E-state index in [2.05, 4.69) is 22.3 Å². The SMILES string of the molecule is O=C(NCC(c1ccccc1)N1CCCC1)c1sccc1S(=O)(=O)N1CCSCC1. The van der Waals surface area contributed by atoms with Gasteiger partial charge in [-0.25, -0.2) is 8.42 Å². The fourth-order valence-electron chi connectivity index (χ4n) is 4.05. The molecule has 1 N–H and O–H groups in total. The molecule has 162 valence electrons. The van der Waals surface area contributed by atoms with Crippen LogP contribution in [-0.4, -0.2) is 67.8 Å². The summed E-state index contributed by atoms with van der Waals surface area (Å²) in [5.41, 5.74) is 1.17. The van der Waals surface area contributed by atoms with Crippen LogP contribution in [0.3, 0.4) is 0 Å². The lowest BCUT2D eigenvalue weighted by Crippen LogP contribution is -2.39. The van der Waals surface area contributed by atoms with E-state index >= 15 is 0 Å². The smallest absolute Gasteiger partial charge is 0.262 e. The van der Waals surface area contributed by atoms with Crippen molar-refractivity contribution in [3.05, 3.63) is 52.2 Å². The highest BCUT2D eigenvalue weighted by Gasteiger charge is 2.31. The van der Waals surface area contributed by atoms with Gasteiger partial charge in [0.1, 0.15) is 9.77 Å². The molecule has 0 spiro atoms. The maximum absolute atomic E-state index is 13.1. The molecular formula is C21H27N3O3S3. The third-order valence-electron chi connectivity index (χ3n) is 5.64. The number of likely N-dealkylation sites (tertiary alicyclic amines) is 1. The van der Waals surface area contributed by atoms with Gasteiger partial charge in [-0.1, -0.05) is 30.3 Å². The van der Waals surface area contributed by atoms with E-state index in [0.717, 1.165) is 24.6 Å². The van der Waals surface area contributed by atoms with Gasteiger partial charge >= 0.3 is 0 Å². The van der Waals surface area contributed by atoms with Gasteiger partial charge in [0, 0.05) is 31.1 Å². The molecule has 30 heavy (non-hydrogen) atoms. The summed E-state index contributed by atoms with van der Waals surface area (Å²) in [6.07, 6.45) is 2.33. The van der Waals surface area contributed by atoms with E-state index in [1.807, 2.05) is 18.2 Å². The molecule has 1 amide bonds. The molecule has 0 aliphatic carbocycles. The molecule has 4 rings (SSSR count). The van der Waals surface area contributed by atoms with Gasteiger partial charge < -0.3 is 5.32 Å². The lowest BCUT2D eigenvalue weighted by Gasteiger charge is -2.28. The molecule has 1 aromatic heterocycles. The summed E-state index contributed by atoms with van der Waals surface area (Å²) in [6.45, 7) is 3.48. The minimum atomic E-state index is -3.64. The Morgan fingerprint density at radius 3 is 2.43 bits per heavy atom. The quantitative estimate of drug-likeness (QED) is 0.681. The molecule has 2 aromatic rings. The van der Waals surface area contributed by atoms with E-state index < -0.39 is 10.0 Å². The Morgan fingerprint density at radius 2 is 1.73 bits per heavy atom. The van der Waals surface area contributed by atoms with Gasteiger partial charge in [-0.15, -0.1) is 11.3 Å². The van der Waals surface area contributed by atoms with Crippen molar-refractivity contribution in [3.8, 4) is 0 Å². The molecule has 1 atom stereocenters. The van der Waals surface area contributed by atoms with Crippen molar-refractivity contribution in [2.24, 2.45) is 0 Å². The van der Waals surface area contributed by atoms with Crippen LogP contribution in [-0.2, 0) is 10.0 Å². The van der Waals surface area contributed by atoms with Crippen LogP contribution >= 0.6 is 23.1 Å². The second-order valence-corrected chi connectivity index (χ2v) is 11.6. The van der Waals surface area contributed by atoms with Crippen LogP contribution in [0.15, 0.2) is 46.7 Å². The first-order valence-corrected chi connectivity index (χ1v) is 13.8.